The average molecular weight is 412 g/mol. The molecule has 2 N–H and O–H groups in total. The van der Waals surface area contributed by atoms with E-state index >= 15 is 0 Å². The van der Waals surface area contributed by atoms with Crippen LogP contribution in [0.2, 0.25) is 0 Å². The molecule has 10 heteroatoms. The summed E-state index contributed by atoms with van der Waals surface area (Å²) in [4.78, 5) is 18.4. The van der Waals surface area contributed by atoms with E-state index in [0.717, 1.165) is 43.7 Å². The van der Waals surface area contributed by atoms with E-state index in [2.05, 4.69) is 15.6 Å². The third kappa shape index (κ3) is 2.95. The Morgan fingerprint density at radius 2 is 1.86 bits per heavy atom. The van der Waals surface area contributed by atoms with Gasteiger partial charge in [0, 0.05) is 13.1 Å². The second kappa shape index (κ2) is 6.84. The van der Waals surface area contributed by atoms with E-state index in [4.69, 9.17) is 4.74 Å². The molecule has 0 saturated carbocycles. The third-order valence-corrected chi connectivity index (χ3v) is 6.30. The molecule has 1 saturated heterocycles. The molecule has 6 nitrogen and oxygen atoms in total. The number of rotatable bonds is 3. The first-order valence-corrected chi connectivity index (χ1v) is 9.73. The first-order valence-electron chi connectivity index (χ1n) is 8.92. The Bertz CT molecular complexity index is 878. The van der Waals surface area contributed by atoms with Gasteiger partial charge in [-0.05, 0) is 37.0 Å². The van der Waals surface area contributed by atoms with Crippen molar-refractivity contribution >= 4 is 28.3 Å². The highest BCUT2D eigenvalue weighted by atomic mass is 32.1. The fraction of sp³-hybridized carbons (Fsp3) is 0.444. The molecular weight excluding hydrogens is 393 g/mol. The highest BCUT2D eigenvalue weighted by Gasteiger charge is 2.62. The van der Waals surface area contributed by atoms with Gasteiger partial charge in [0.05, 0.1) is 12.0 Å². The zero-order valence-corrected chi connectivity index (χ0v) is 15.9. The average Bonchev–Trinajstić information content (AvgIpc) is 3.11. The summed E-state index contributed by atoms with van der Waals surface area (Å²) in [6.07, 6.45) is -1.73. The van der Waals surface area contributed by atoms with Gasteiger partial charge in [0.1, 0.15) is 5.75 Å². The first kappa shape index (κ1) is 18.9. The summed E-state index contributed by atoms with van der Waals surface area (Å²) in [6, 6.07) is 4.60. The zero-order valence-electron chi connectivity index (χ0n) is 15.1. The molecule has 2 aliphatic rings. The minimum atomic E-state index is -4.76. The van der Waals surface area contributed by atoms with Gasteiger partial charge >= 0.3 is 12.2 Å². The van der Waals surface area contributed by atoms with Gasteiger partial charge in [-0.15, -0.1) is 0 Å². The van der Waals surface area contributed by atoms with E-state index in [9.17, 15) is 18.0 Å². The highest BCUT2D eigenvalue weighted by molar-refractivity contribution is 7.16. The van der Waals surface area contributed by atoms with Crippen molar-refractivity contribution in [3.63, 3.8) is 0 Å². The van der Waals surface area contributed by atoms with Crippen molar-refractivity contribution in [1.29, 1.82) is 0 Å². The molecule has 1 atom stereocenters. The second-order valence-electron chi connectivity index (χ2n) is 6.78. The number of carbonyl (C=O) groups is 1. The van der Waals surface area contributed by atoms with Gasteiger partial charge in [-0.2, -0.15) is 13.2 Å². The molecule has 1 fully saturated rings. The van der Waals surface area contributed by atoms with Gasteiger partial charge in [0.15, 0.2) is 10.9 Å². The second-order valence-corrected chi connectivity index (χ2v) is 7.75. The molecule has 28 heavy (non-hydrogen) atoms. The standard InChI is InChI=1S/C18H19F3N4O2S/c1-27-12-7-5-11(6-8-12)17(18(19,20)21)13-14(22-15(26)24-17)23-16(28-13)25-9-3-2-4-10-25/h5-8H,2-4,9-10H2,1H3,(H2,22,24,26). The molecular formula is C18H19F3N4O2S. The van der Waals surface area contributed by atoms with Crippen molar-refractivity contribution in [3.8, 4) is 5.75 Å². The molecule has 0 spiro atoms. The molecule has 1 aromatic carbocycles. The van der Waals surface area contributed by atoms with Crippen molar-refractivity contribution < 1.29 is 22.7 Å². The molecule has 0 radical (unpaired) electrons. The number of nitrogens with one attached hydrogen (secondary N) is 2. The van der Waals surface area contributed by atoms with Gasteiger partial charge in [0.2, 0.25) is 5.54 Å². The van der Waals surface area contributed by atoms with Crippen LogP contribution in [0.5, 0.6) is 5.75 Å². The van der Waals surface area contributed by atoms with Crippen LogP contribution >= 0.6 is 11.3 Å². The van der Waals surface area contributed by atoms with Gasteiger partial charge in [-0.3, -0.25) is 5.32 Å². The van der Waals surface area contributed by atoms with E-state index in [1.807, 2.05) is 4.90 Å². The van der Waals surface area contributed by atoms with Crippen molar-refractivity contribution in [2.45, 2.75) is 31.0 Å². The predicted molar refractivity (Wildman–Crippen MR) is 100 cm³/mol. The maximum absolute atomic E-state index is 14.5. The summed E-state index contributed by atoms with van der Waals surface area (Å²) in [5.74, 6) is 0.391. The lowest BCUT2D eigenvalue weighted by atomic mass is 9.86. The Morgan fingerprint density at radius 3 is 2.46 bits per heavy atom. The summed E-state index contributed by atoms with van der Waals surface area (Å²) in [5, 5.41) is 5.06. The Kier molecular flexibility index (Phi) is 4.60. The van der Waals surface area contributed by atoms with Crippen LogP contribution in [0.15, 0.2) is 24.3 Å². The van der Waals surface area contributed by atoms with Crippen LogP contribution in [0.4, 0.5) is 28.9 Å². The van der Waals surface area contributed by atoms with E-state index in [-0.39, 0.29) is 16.3 Å². The molecule has 0 aliphatic carbocycles. The van der Waals surface area contributed by atoms with Crippen LogP contribution in [-0.2, 0) is 5.54 Å². The fourth-order valence-corrected chi connectivity index (χ4v) is 4.90. The van der Waals surface area contributed by atoms with Crippen LogP contribution < -0.4 is 20.3 Å². The van der Waals surface area contributed by atoms with Crippen LogP contribution in [0, 0.1) is 0 Å². The number of fused-ring (bicyclic) bond motifs is 1. The molecule has 3 heterocycles. The maximum Gasteiger partial charge on any atom is 0.421 e. The Balaban J connectivity index is 1.87. The van der Waals surface area contributed by atoms with Crippen molar-refractivity contribution in [2.24, 2.45) is 0 Å². The number of ether oxygens (including phenoxy) is 1. The van der Waals surface area contributed by atoms with E-state index < -0.39 is 17.7 Å². The van der Waals surface area contributed by atoms with Gasteiger partial charge in [-0.25, -0.2) is 9.78 Å². The number of carbonyl (C=O) groups excluding carboxylic acids is 1. The quantitative estimate of drug-likeness (QED) is 0.797. The lowest BCUT2D eigenvalue weighted by Crippen LogP contribution is -2.60. The topological polar surface area (TPSA) is 66.5 Å². The number of aromatic nitrogens is 1. The summed E-state index contributed by atoms with van der Waals surface area (Å²) in [7, 11) is 1.44. The van der Waals surface area contributed by atoms with Gasteiger partial charge < -0.3 is 15.0 Å². The van der Waals surface area contributed by atoms with E-state index in [1.54, 1.807) is 0 Å². The van der Waals surface area contributed by atoms with Crippen molar-refractivity contribution in [3.05, 3.63) is 34.7 Å². The molecule has 2 amide bonds. The molecule has 1 unspecified atom stereocenters. The number of alkyl halides is 3. The number of thiazole rings is 1. The lowest BCUT2D eigenvalue weighted by molar-refractivity contribution is -0.183. The Hall–Kier alpha value is -2.49. The number of benzene rings is 1. The predicted octanol–water partition coefficient (Wildman–Crippen LogP) is 4.08. The summed E-state index contributed by atoms with van der Waals surface area (Å²) < 4.78 is 48.4. The SMILES string of the molecule is COc1ccc(C2(C(F)(F)F)NC(=O)Nc3nc(N4CCCCC4)sc32)cc1. The number of piperidine rings is 1. The number of methoxy groups -OCH3 is 1. The number of urea groups is 1. The van der Waals surface area contributed by atoms with Gasteiger partial charge in [0.25, 0.3) is 0 Å². The fourth-order valence-electron chi connectivity index (χ4n) is 3.64. The first-order chi connectivity index (χ1) is 13.3. The lowest BCUT2D eigenvalue weighted by Gasteiger charge is -2.39. The number of amides is 2. The number of hydrogen-bond donors (Lipinski definition) is 2. The molecule has 0 bridgehead atoms. The summed E-state index contributed by atoms with van der Waals surface area (Å²) in [5.41, 5.74) is -2.76. The smallest absolute Gasteiger partial charge is 0.421 e. The monoisotopic (exact) mass is 412 g/mol. The van der Waals surface area contributed by atoms with Crippen LogP contribution in [0.25, 0.3) is 0 Å². The van der Waals surface area contributed by atoms with E-state index in [1.165, 1.54) is 31.4 Å². The van der Waals surface area contributed by atoms with Crippen molar-refractivity contribution in [2.75, 3.05) is 30.4 Å². The molecule has 1 aromatic heterocycles. The third-order valence-electron chi connectivity index (χ3n) is 5.06. The van der Waals surface area contributed by atoms with E-state index in [0.29, 0.717) is 10.9 Å². The number of hydrogen-bond acceptors (Lipinski definition) is 5. The number of halogens is 3. The Morgan fingerprint density at radius 1 is 1.18 bits per heavy atom. The summed E-state index contributed by atoms with van der Waals surface area (Å²) >= 11 is 0.969. The number of anilines is 2. The van der Waals surface area contributed by atoms with Gasteiger partial charge in [-0.1, -0.05) is 23.5 Å². The minimum Gasteiger partial charge on any atom is -0.497 e. The minimum absolute atomic E-state index is 0.0394. The number of nitrogens with zero attached hydrogens (tertiary/aromatic N) is 2. The highest BCUT2D eigenvalue weighted by Crippen LogP contribution is 2.52. The Labute approximate surface area is 163 Å². The maximum atomic E-state index is 14.5. The summed E-state index contributed by atoms with van der Waals surface area (Å²) in [6.45, 7) is 1.49. The molecule has 2 aromatic rings. The van der Waals surface area contributed by atoms with Crippen LogP contribution in [0.1, 0.15) is 29.7 Å². The molecule has 150 valence electrons. The molecule has 4 rings (SSSR count). The molecule has 2 aliphatic heterocycles. The zero-order chi connectivity index (χ0) is 19.9. The van der Waals surface area contributed by atoms with Crippen LogP contribution in [-0.4, -0.2) is 37.4 Å². The normalized spacial score (nSPS) is 22.3. The van der Waals surface area contributed by atoms with Crippen LogP contribution in [0.3, 0.4) is 0 Å². The largest absolute Gasteiger partial charge is 0.497 e. The van der Waals surface area contributed by atoms with Crippen molar-refractivity contribution in [1.82, 2.24) is 10.3 Å².